The van der Waals surface area contributed by atoms with Crippen molar-refractivity contribution in [3.63, 3.8) is 0 Å². The van der Waals surface area contributed by atoms with Crippen LogP contribution in [0.5, 0.6) is 0 Å². The van der Waals surface area contributed by atoms with Gasteiger partial charge < -0.3 is 10.6 Å². The van der Waals surface area contributed by atoms with Crippen molar-refractivity contribution in [3.05, 3.63) is 113 Å². The number of carbonyl (C=O) groups excluding carboxylic acids is 3. The first kappa shape index (κ1) is 32.4. The Morgan fingerprint density at radius 1 is 1.02 bits per heavy atom. The first-order valence-corrected chi connectivity index (χ1v) is 13.8. The minimum atomic E-state index is -4.63. The predicted molar refractivity (Wildman–Crippen MR) is 157 cm³/mol. The summed E-state index contributed by atoms with van der Waals surface area (Å²) < 4.78 is 52.8. The number of para-hydroxylation sites is 1. The average molecular weight is 621 g/mol. The van der Waals surface area contributed by atoms with Gasteiger partial charge in [0, 0.05) is 24.1 Å². The fraction of sp³-hybridized carbons (Fsp3) is 0.219. The zero-order chi connectivity index (χ0) is 32.6. The molecule has 0 radical (unpaired) electrons. The number of carbonyl (C=O) groups is 3. The Morgan fingerprint density at radius 3 is 2.27 bits per heavy atom. The van der Waals surface area contributed by atoms with Crippen LogP contribution in [0.15, 0.2) is 84.9 Å². The maximum absolute atomic E-state index is 13.4. The highest BCUT2D eigenvalue weighted by Gasteiger charge is 2.39. The number of anilines is 1. The lowest BCUT2D eigenvalue weighted by atomic mass is 9.97. The molecule has 1 aromatic heterocycles. The first-order chi connectivity index (χ1) is 21.5. The summed E-state index contributed by atoms with van der Waals surface area (Å²) in [6, 6.07) is 21.6. The van der Waals surface area contributed by atoms with Gasteiger partial charge in [-0.3, -0.25) is 19.3 Å². The van der Waals surface area contributed by atoms with E-state index in [1.54, 1.807) is 54.1 Å². The summed E-state index contributed by atoms with van der Waals surface area (Å²) in [4.78, 5) is 40.2. The van der Waals surface area contributed by atoms with E-state index in [-0.39, 0.29) is 37.3 Å². The highest BCUT2D eigenvalue weighted by atomic mass is 19.4. The first-order valence-electron chi connectivity index (χ1n) is 13.8. The summed E-state index contributed by atoms with van der Waals surface area (Å²) >= 11 is 0. The highest BCUT2D eigenvalue weighted by molar-refractivity contribution is 6.04. The number of alkyl halides is 3. The van der Waals surface area contributed by atoms with E-state index in [2.05, 4.69) is 15.7 Å². The van der Waals surface area contributed by atoms with Crippen molar-refractivity contribution < 1.29 is 31.9 Å². The standard InChI is InChI=1S/C26H23F3N6O3.C6H5F/c1-2-34-24-19(20(15-22(36)31-12-11-30)33-35(24)18-9-4-3-5-10-18)14-21(25(34)38)32-23(37)16-7-6-8-17(13-16)26(27,28)29;7-6-4-2-1-3-5-6/h3-10,13,21H,2,12,14-15H2,1H3,(H,31,36)(H,32,37);1-5H. The molecule has 1 atom stereocenters. The van der Waals surface area contributed by atoms with Crippen molar-refractivity contribution >= 4 is 23.5 Å². The fourth-order valence-electron chi connectivity index (χ4n) is 4.71. The largest absolute Gasteiger partial charge is 0.416 e. The van der Waals surface area contributed by atoms with Gasteiger partial charge in [0.05, 0.1) is 29.4 Å². The Kier molecular flexibility index (Phi) is 10.3. The molecule has 0 fully saturated rings. The van der Waals surface area contributed by atoms with Crippen molar-refractivity contribution in [1.29, 1.82) is 5.26 Å². The van der Waals surface area contributed by atoms with Crippen LogP contribution in [0.4, 0.5) is 23.4 Å². The van der Waals surface area contributed by atoms with Gasteiger partial charge >= 0.3 is 6.18 Å². The predicted octanol–water partition coefficient (Wildman–Crippen LogP) is 4.61. The van der Waals surface area contributed by atoms with Crippen molar-refractivity contribution in [2.75, 3.05) is 18.0 Å². The van der Waals surface area contributed by atoms with Gasteiger partial charge in [-0.15, -0.1) is 0 Å². The highest BCUT2D eigenvalue weighted by Crippen LogP contribution is 2.34. The third-order valence-corrected chi connectivity index (χ3v) is 6.77. The van der Waals surface area contributed by atoms with Gasteiger partial charge in [-0.1, -0.05) is 42.5 Å². The van der Waals surface area contributed by atoms with Gasteiger partial charge in [-0.25, -0.2) is 9.07 Å². The number of nitriles is 1. The van der Waals surface area contributed by atoms with Crippen LogP contribution in [0.3, 0.4) is 0 Å². The molecular weight excluding hydrogens is 592 g/mol. The van der Waals surface area contributed by atoms with E-state index >= 15 is 0 Å². The molecule has 0 aliphatic carbocycles. The number of hydrogen-bond acceptors (Lipinski definition) is 5. The molecule has 2 heterocycles. The summed E-state index contributed by atoms with van der Waals surface area (Å²) in [6.45, 7) is 1.76. The zero-order valence-electron chi connectivity index (χ0n) is 24.0. The van der Waals surface area contributed by atoms with E-state index in [1.807, 2.05) is 12.1 Å². The summed E-state index contributed by atoms with van der Waals surface area (Å²) in [5.74, 6) is -1.48. The smallest absolute Gasteiger partial charge is 0.343 e. The fourth-order valence-corrected chi connectivity index (χ4v) is 4.71. The molecular formula is C32H28F4N6O3. The topological polar surface area (TPSA) is 120 Å². The summed E-state index contributed by atoms with van der Waals surface area (Å²) in [7, 11) is 0. The molecule has 1 unspecified atom stereocenters. The van der Waals surface area contributed by atoms with Crippen LogP contribution < -0.4 is 15.5 Å². The van der Waals surface area contributed by atoms with Crippen molar-refractivity contribution in [2.24, 2.45) is 0 Å². The van der Waals surface area contributed by atoms with Crippen LogP contribution in [0, 0.1) is 17.1 Å². The molecule has 1 aliphatic heterocycles. The van der Waals surface area contributed by atoms with Gasteiger partial charge in [0.15, 0.2) is 0 Å². The number of hydrogen-bond donors (Lipinski definition) is 2. The number of benzene rings is 3. The SMILES string of the molecule is CCN1C(=O)C(NC(=O)c2cccc(C(F)(F)F)c2)Cc2c(CC(=O)NCC#N)nn(-c3ccccc3)c21.Fc1ccccc1. The normalized spacial score (nSPS) is 14.0. The Hall–Kier alpha value is -5.51. The second-order valence-corrected chi connectivity index (χ2v) is 9.79. The minimum Gasteiger partial charge on any atom is -0.343 e. The average Bonchev–Trinajstić information content (AvgIpc) is 3.38. The third-order valence-electron chi connectivity index (χ3n) is 6.77. The molecule has 3 amide bonds. The maximum atomic E-state index is 13.4. The minimum absolute atomic E-state index is 0.0247. The zero-order valence-corrected chi connectivity index (χ0v) is 24.0. The lowest BCUT2D eigenvalue weighted by Crippen LogP contribution is -2.53. The molecule has 232 valence electrons. The Morgan fingerprint density at radius 2 is 1.69 bits per heavy atom. The number of fused-ring (bicyclic) bond motifs is 1. The van der Waals surface area contributed by atoms with Gasteiger partial charge in [0.25, 0.3) is 11.8 Å². The van der Waals surface area contributed by atoms with Gasteiger partial charge in [-0.2, -0.15) is 23.5 Å². The Balaban J connectivity index is 0.000000580. The van der Waals surface area contributed by atoms with Crippen LogP contribution in [0.2, 0.25) is 0 Å². The molecule has 45 heavy (non-hydrogen) atoms. The van der Waals surface area contributed by atoms with Crippen LogP contribution in [-0.2, 0) is 28.6 Å². The molecule has 9 nitrogen and oxygen atoms in total. The molecule has 0 spiro atoms. The Labute approximate surface area is 256 Å². The number of nitrogens with zero attached hydrogens (tertiary/aromatic N) is 4. The van der Waals surface area contributed by atoms with Crippen molar-refractivity contribution in [3.8, 4) is 11.8 Å². The molecule has 0 saturated carbocycles. The van der Waals surface area contributed by atoms with Crippen molar-refractivity contribution in [2.45, 2.75) is 32.0 Å². The summed E-state index contributed by atoms with van der Waals surface area (Å²) in [6.07, 6.45) is -4.83. The van der Waals surface area contributed by atoms with Crippen molar-refractivity contribution in [1.82, 2.24) is 20.4 Å². The molecule has 0 bridgehead atoms. The second kappa shape index (κ2) is 14.3. The van der Waals surface area contributed by atoms with Crippen LogP contribution in [0.1, 0.15) is 34.1 Å². The van der Waals surface area contributed by atoms with Crippen LogP contribution >= 0.6 is 0 Å². The van der Waals surface area contributed by atoms with E-state index in [9.17, 15) is 31.9 Å². The quantitative estimate of drug-likeness (QED) is 0.231. The summed E-state index contributed by atoms with van der Waals surface area (Å²) in [5.41, 5.74) is 0.315. The summed E-state index contributed by atoms with van der Waals surface area (Å²) in [5, 5.41) is 18.4. The van der Waals surface area contributed by atoms with Gasteiger partial charge in [0.2, 0.25) is 5.91 Å². The van der Waals surface area contributed by atoms with E-state index < -0.39 is 35.5 Å². The van der Waals surface area contributed by atoms with Gasteiger partial charge in [0.1, 0.15) is 24.2 Å². The van der Waals surface area contributed by atoms with E-state index in [0.29, 0.717) is 22.8 Å². The second-order valence-electron chi connectivity index (χ2n) is 9.79. The number of nitrogens with one attached hydrogen (secondary N) is 2. The molecule has 13 heteroatoms. The number of amides is 3. The Bertz CT molecular complexity index is 1700. The maximum Gasteiger partial charge on any atom is 0.416 e. The lowest BCUT2D eigenvalue weighted by molar-refractivity contribution is -0.137. The van der Waals surface area contributed by atoms with Crippen LogP contribution in [0.25, 0.3) is 5.69 Å². The van der Waals surface area contributed by atoms with E-state index in [1.165, 1.54) is 23.1 Å². The van der Waals surface area contributed by atoms with E-state index in [4.69, 9.17) is 5.26 Å². The molecule has 0 saturated heterocycles. The van der Waals surface area contributed by atoms with Crippen LogP contribution in [-0.4, -0.2) is 46.6 Å². The molecule has 5 rings (SSSR count). The monoisotopic (exact) mass is 620 g/mol. The van der Waals surface area contributed by atoms with Gasteiger partial charge in [-0.05, 0) is 49.4 Å². The van der Waals surface area contributed by atoms with E-state index in [0.717, 1.165) is 18.2 Å². The molecule has 2 N–H and O–H groups in total. The number of likely N-dealkylation sites (N-methyl/N-ethyl adjacent to an activating group) is 1. The molecule has 1 aliphatic rings. The number of halogens is 4. The molecule has 3 aromatic carbocycles. The number of aromatic nitrogens is 2. The number of rotatable bonds is 7. The molecule has 4 aromatic rings. The third kappa shape index (κ3) is 7.91. The lowest BCUT2D eigenvalue weighted by Gasteiger charge is -2.33.